The molecule has 102 valence electrons. The van der Waals surface area contributed by atoms with Crippen LogP contribution in [0.2, 0.25) is 0 Å². The Morgan fingerprint density at radius 1 is 1.53 bits per heavy atom. The number of methoxy groups -OCH3 is 1. The number of carbonyl (C=O) groups is 2. The summed E-state index contributed by atoms with van der Waals surface area (Å²) in [5.41, 5.74) is -1.68. The van der Waals surface area contributed by atoms with Crippen LogP contribution >= 0.6 is 0 Å². The van der Waals surface area contributed by atoms with Gasteiger partial charge in [0.25, 0.3) is 17.2 Å². The van der Waals surface area contributed by atoms with E-state index >= 15 is 0 Å². The predicted molar refractivity (Wildman–Crippen MR) is 62.7 cm³/mol. The molecule has 0 spiro atoms. The highest BCUT2D eigenvalue weighted by molar-refractivity contribution is 5.96. The fraction of sp³-hybridized carbons (Fsp3) is 0.300. The molecule has 0 bridgehead atoms. The van der Waals surface area contributed by atoms with E-state index < -0.39 is 39.7 Å². The third kappa shape index (κ3) is 3.37. The summed E-state index contributed by atoms with van der Waals surface area (Å²) < 4.78 is 4.39. The maximum absolute atomic E-state index is 11.7. The molecule has 0 fully saturated rings. The van der Waals surface area contributed by atoms with Gasteiger partial charge in [0.05, 0.1) is 18.2 Å². The maximum Gasteiger partial charge on any atom is 0.328 e. The van der Waals surface area contributed by atoms with E-state index in [1.807, 2.05) is 0 Å². The third-order valence-electron chi connectivity index (χ3n) is 2.25. The molecule has 2 N–H and O–H groups in total. The summed E-state index contributed by atoms with van der Waals surface area (Å²) in [6.45, 7) is 1.36. The van der Waals surface area contributed by atoms with Crippen LogP contribution in [0.3, 0.4) is 0 Å². The number of esters is 1. The molecule has 9 heteroatoms. The number of aromatic nitrogens is 1. The summed E-state index contributed by atoms with van der Waals surface area (Å²) in [7, 11) is 1.14. The van der Waals surface area contributed by atoms with E-state index in [4.69, 9.17) is 0 Å². The molecular formula is C10H11N3O6. The number of amides is 1. The second kappa shape index (κ2) is 5.76. The van der Waals surface area contributed by atoms with Gasteiger partial charge in [0.1, 0.15) is 11.6 Å². The average Bonchev–Trinajstić information content (AvgIpc) is 2.37. The zero-order chi connectivity index (χ0) is 14.6. The van der Waals surface area contributed by atoms with Gasteiger partial charge in [-0.2, -0.15) is 0 Å². The van der Waals surface area contributed by atoms with Crippen molar-refractivity contribution in [1.29, 1.82) is 0 Å². The molecule has 0 aliphatic carbocycles. The van der Waals surface area contributed by atoms with Crippen molar-refractivity contribution in [3.05, 3.63) is 38.3 Å². The number of hydrogen-bond acceptors (Lipinski definition) is 6. The van der Waals surface area contributed by atoms with Crippen molar-refractivity contribution < 1.29 is 19.2 Å². The summed E-state index contributed by atoms with van der Waals surface area (Å²) >= 11 is 0. The van der Waals surface area contributed by atoms with Gasteiger partial charge >= 0.3 is 5.97 Å². The van der Waals surface area contributed by atoms with E-state index in [0.717, 1.165) is 19.4 Å². The Balaban J connectivity index is 3.00. The number of rotatable bonds is 4. The second-order valence-electron chi connectivity index (χ2n) is 3.58. The third-order valence-corrected chi connectivity index (χ3v) is 2.25. The Bertz CT molecular complexity index is 579. The molecule has 1 heterocycles. The number of ether oxygens (including phenoxy) is 1. The van der Waals surface area contributed by atoms with Crippen LogP contribution in [-0.4, -0.2) is 34.9 Å². The summed E-state index contributed by atoms with van der Waals surface area (Å²) in [6, 6.07) is -0.144. The Labute approximate surface area is 106 Å². The van der Waals surface area contributed by atoms with Crippen LogP contribution < -0.4 is 10.9 Å². The predicted octanol–water partition coefficient (Wildman–Crippen LogP) is -0.426. The molecule has 0 saturated carbocycles. The van der Waals surface area contributed by atoms with Gasteiger partial charge < -0.3 is 15.0 Å². The lowest BCUT2D eigenvalue weighted by molar-refractivity contribution is -0.385. The number of nitro groups is 1. The van der Waals surface area contributed by atoms with Crippen LogP contribution in [0, 0.1) is 10.1 Å². The zero-order valence-corrected chi connectivity index (χ0v) is 10.1. The summed E-state index contributed by atoms with van der Waals surface area (Å²) in [4.78, 5) is 46.1. The normalized spacial score (nSPS) is 11.5. The summed E-state index contributed by atoms with van der Waals surface area (Å²) in [5, 5.41) is 12.7. The Hall–Kier alpha value is -2.71. The van der Waals surface area contributed by atoms with Crippen molar-refractivity contribution in [2.75, 3.05) is 7.11 Å². The van der Waals surface area contributed by atoms with Gasteiger partial charge in [0.2, 0.25) is 0 Å². The molecule has 1 amide bonds. The molecule has 0 aliphatic rings. The molecule has 0 radical (unpaired) electrons. The quantitative estimate of drug-likeness (QED) is 0.433. The molecule has 9 nitrogen and oxygen atoms in total. The second-order valence-corrected chi connectivity index (χ2v) is 3.58. The molecule has 1 atom stereocenters. The van der Waals surface area contributed by atoms with E-state index in [9.17, 15) is 24.5 Å². The minimum Gasteiger partial charge on any atom is -0.467 e. The van der Waals surface area contributed by atoms with Crippen molar-refractivity contribution in [3.8, 4) is 0 Å². The maximum atomic E-state index is 11.7. The minimum atomic E-state index is -0.976. The van der Waals surface area contributed by atoms with E-state index in [1.54, 1.807) is 0 Å². The molecule has 0 unspecified atom stereocenters. The molecular weight excluding hydrogens is 258 g/mol. The highest BCUT2D eigenvalue weighted by Gasteiger charge is 2.20. The molecule has 1 aromatic rings. The lowest BCUT2D eigenvalue weighted by Crippen LogP contribution is -2.41. The van der Waals surface area contributed by atoms with E-state index in [0.29, 0.717) is 0 Å². The monoisotopic (exact) mass is 269 g/mol. The van der Waals surface area contributed by atoms with Gasteiger partial charge in [-0.25, -0.2) is 4.79 Å². The van der Waals surface area contributed by atoms with Crippen LogP contribution in [0.1, 0.15) is 17.3 Å². The van der Waals surface area contributed by atoms with E-state index in [-0.39, 0.29) is 0 Å². The molecule has 0 saturated heterocycles. The average molecular weight is 269 g/mol. The number of nitrogens with zero attached hydrogens (tertiary/aromatic N) is 1. The first-order valence-electron chi connectivity index (χ1n) is 5.12. The van der Waals surface area contributed by atoms with Crippen LogP contribution in [0.4, 0.5) is 5.69 Å². The summed E-state index contributed by atoms with van der Waals surface area (Å²) in [5.74, 6) is -1.60. The largest absolute Gasteiger partial charge is 0.467 e. The highest BCUT2D eigenvalue weighted by atomic mass is 16.6. The SMILES string of the molecule is COC(=O)[C@@H](C)NC(=O)c1cc([N+](=O)[O-])c[nH]c1=O. The Kier molecular flexibility index (Phi) is 4.35. The number of pyridine rings is 1. The molecule has 1 rings (SSSR count). The number of H-pyrrole nitrogens is 1. The van der Waals surface area contributed by atoms with Gasteiger partial charge in [-0.1, -0.05) is 0 Å². The lowest BCUT2D eigenvalue weighted by atomic mass is 10.2. The van der Waals surface area contributed by atoms with Crippen molar-refractivity contribution in [2.45, 2.75) is 13.0 Å². The van der Waals surface area contributed by atoms with Gasteiger partial charge in [0.15, 0.2) is 0 Å². The fourth-order valence-corrected chi connectivity index (χ4v) is 1.26. The number of hydrogen-bond donors (Lipinski definition) is 2. The van der Waals surface area contributed by atoms with Crippen molar-refractivity contribution in [2.24, 2.45) is 0 Å². The number of nitrogens with one attached hydrogen (secondary N) is 2. The molecule has 0 aromatic carbocycles. The van der Waals surface area contributed by atoms with E-state index in [2.05, 4.69) is 15.0 Å². The van der Waals surface area contributed by atoms with E-state index in [1.165, 1.54) is 6.92 Å². The smallest absolute Gasteiger partial charge is 0.328 e. The number of carbonyl (C=O) groups excluding carboxylic acids is 2. The zero-order valence-electron chi connectivity index (χ0n) is 10.1. The fourth-order valence-electron chi connectivity index (χ4n) is 1.26. The van der Waals surface area contributed by atoms with Crippen molar-refractivity contribution in [3.63, 3.8) is 0 Å². The first kappa shape index (κ1) is 14.4. The van der Waals surface area contributed by atoms with Crippen LogP contribution in [-0.2, 0) is 9.53 Å². The van der Waals surface area contributed by atoms with Gasteiger partial charge in [-0.3, -0.25) is 19.7 Å². The Morgan fingerprint density at radius 2 is 2.16 bits per heavy atom. The lowest BCUT2D eigenvalue weighted by Gasteiger charge is -2.10. The van der Waals surface area contributed by atoms with Gasteiger partial charge in [-0.15, -0.1) is 0 Å². The van der Waals surface area contributed by atoms with Crippen molar-refractivity contribution in [1.82, 2.24) is 10.3 Å². The van der Waals surface area contributed by atoms with Gasteiger partial charge in [0, 0.05) is 6.07 Å². The highest BCUT2D eigenvalue weighted by Crippen LogP contribution is 2.08. The van der Waals surface area contributed by atoms with Crippen LogP contribution in [0.15, 0.2) is 17.1 Å². The standard InChI is InChI=1S/C10H11N3O6/c1-5(10(16)19-2)12-9(15)7-3-6(13(17)18)4-11-8(7)14/h3-5H,1-2H3,(H,11,14)(H,12,15)/t5-/m1/s1. The number of aromatic amines is 1. The van der Waals surface area contributed by atoms with Crippen LogP contribution in [0.25, 0.3) is 0 Å². The first-order valence-corrected chi connectivity index (χ1v) is 5.12. The molecule has 1 aromatic heterocycles. The molecule has 19 heavy (non-hydrogen) atoms. The Morgan fingerprint density at radius 3 is 2.68 bits per heavy atom. The first-order chi connectivity index (χ1) is 8.86. The van der Waals surface area contributed by atoms with Crippen molar-refractivity contribution >= 4 is 17.6 Å². The molecule has 0 aliphatic heterocycles. The van der Waals surface area contributed by atoms with Crippen LogP contribution in [0.5, 0.6) is 0 Å². The summed E-state index contributed by atoms with van der Waals surface area (Å²) in [6.07, 6.45) is 0.878. The van der Waals surface area contributed by atoms with Gasteiger partial charge in [-0.05, 0) is 6.92 Å². The minimum absolute atomic E-state index is 0.435. The topological polar surface area (TPSA) is 131 Å².